The summed E-state index contributed by atoms with van der Waals surface area (Å²) in [5.74, 6) is 1.49. The van der Waals surface area contributed by atoms with Gasteiger partial charge in [0.2, 0.25) is 0 Å². The van der Waals surface area contributed by atoms with Gasteiger partial charge >= 0.3 is 0 Å². The third kappa shape index (κ3) is 4.09. The maximum Gasteiger partial charge on any atom is 0.123 e. The second kappa shape index (κ2) is 7.46. The lowest BCUT2D eigenvalue weighted by atomic mass is 10.0. The lowest BCUT2D eigenvalue weighted by Crippen LogP contribution is -2.10. The Morgan fingerprint density at radius 2 is 1.85 bits per heavy atom. The van der Waals surface area contributed by atoms with E-state index in [1.807, 2.05) is 17.4 Å². The summed E-state index contributed by atoms with van der Waals surface area (Å²) in [5, 5.41) is 3.35. The minimum Gasteiger partial charge on any atom is -0.488 e. The summed E-state index contributed by atoms with van der Waals surface area (Å²) in [7, 11) is 0. The molecule has 0 radical (unpaired) electrons. The first kappa shape index (κ1) is 15.1. The summed E-state index contributed by atoms with van der Waals surface area (Å²) >= 11 is 1.82. The van der Waals surface area contributed by atoms with Gasteiger partial charge in [-0.1, -0.05) is 39.0 Å². The predicted molar refractivity (Wildman–Crippen MR) is 86.6 cm³/mol. The smallest absolute Gasteiger partial charge is 0.123 e. The predicted octanol–water partition coefficient (Wildman–Crippen LogP) is 4.56. The van der Waals surface area contributed by atoms with Crippen LogP contribution in [0.15, 0.2) is 36.4 Å². The first-order valence-electron chi connectivity index (χ1n) is 7.20. The van der Waals surface area contributed by atoms with Gasteiger partial charge in [0.1, 0.15) is 12.4 Å². The zero-order valence-corrected chi connectivity index (χ0v) is 13.3. The molecule has 0 bridgehead atoms. The molecular formula is C17H23NOS. The van der Waals surface area contributed by atoms with Crippen LogP contribution in [0.5, 0.6) is 5.75 Å². The largest absolute Gasteiger partial charge is 0.488 e. The highest BCUT2D eigenvalue weighted by molar-refractivity contribution is 7.11. The van der Waals surface area contributed by atoms with E-state index in [9.17, 15) is 0 Å². The van der Waals surface area contributed by atoms with Crippen molar-refractivity contribution in [2.45, 2.75) is 39.8 Å². The molecule has 2 nitrogen and oxygen atoms in total. The van der Waals surface area contributed by atoms with Crippen molar-refractivity contribution < 1.29 is 4.74 Å². The normalized spacial score (nSPS) is 11.0. The minimum atomic E-state index is 0.485. The summed E-state index contributed by atoms with van der Waals surface area (Å²) in [4.78, 5) is 2.64. The van der Waals surface area contributed by atoms with Crippen LogP contribution in [0.25, 0.3) is 0 Å². The van der Waals surface area contributed by atoms with Crippen LogP contribution in [-0.4, -0.2) is 6.54 Å². The van der Waals surface area contributed by atoms with Crippen molar-refractivity contribution in [2.75, 3.05) is 6.54 Å². The molecule has 0 aliphatic rings. The first-order chi connectivity index (χ1) is 9.70. The van der Waals surface area contributed by atoms with Crippen molar-refractivity contribution >= 4 is 11.3 Å². The Morgan fingerprint density at radius 1 is 1.10 bits per heavy atom. The maximum atomic E-state index is 5.99. The van der Waals surface area contributed by atoms with Crippen molar-refractivity contribution in [3.05, 3.63) is 51.7 Å². The molecule has 3 heteroatoms. The maximum absolute atomic E-state index is 5.99. The molecule has 0 aliphatic carbocycles. The van der Waals surface area contributed by atoms with E-state index in [0.29, 0.717) is 12.5 Å². The Labute approximate surface area is 125 Å². The van der Waals surface area contributed by atoms with Crippen LogP contribution in [-0.2, 0) is 13.2 Å². The van der Waals surface area contributed by atoms with Crippen LogP contribution < -0.4 is 10.1 Å². The van der Waals surface area contributed by atoms with E-state index < -0.39 is 0 Å². The van der Waals surface area contributed by atoms with Gasteiger partial charge in [-0.2, -0.15) is 0 Å². The molecule has 0 aliphatic heterocycles. The van der Waals surface area contributed by atoms with Gasteiger partial charge in [-0.3, -0.25) is 0 Å². The van der Waals surface area contributed by atoms with Crippen molar-refractivity contribution in [2.24, 2.45) is 0 Å². The van der Waals surface area contributed by atoms with Gasteiger partial charge in [0.25, 0.3) is 0 Å². The van der Waals surface area contributed by atoms with E-state index in [0.717, 1.165) is 18.8 Å². The molecule has 0 amide bonds. The van der Waals surface area contributed by atoms with E-state index in [2.05, 4.69) is 56.4 Å². The Hall–Kier alpha value is -1.32. The highest BCUT2D eigenvalue weighted by Crippen LogP contribution is 2.27. The average Bonchev–Trinajstić information content (AvgIpc) is 2.91. The number of rotatable bonds is 7. The summed E-state index contributed by atoms with van der Waals surface area (Å²) < 4.78 is 5.99. The molecule has 1 aromatic carbocycles. The third-order valence-corrected chi connectivity index (χ3v) is 4.24. The number of thiophene rings is 1. The monoisotopic (exact) mass is 289 g/mol. The molecule has 108 valence electrons. The molecule has 0 atom stereocenters. The molecule has 1 heterocycles. The lowest BCUT2D eigenvalue weighted by Gasteiger charge is -2.13. The van der Waals surface area contributed by atoms with E-state index in [1.165, 1.54) is 15.3 Å². The molecule has 1 N–H and O–H groups in total. The molecule has 2 aromatic rings. The van der Waals surface area contributed by atoms with E-state index in [-0.39, 0.29) is 0 Å². The molecule has 0 fully saturated rings. The number of benzene rings is 1. The van der Waals surface area contributed by atoms with Gasteiger partial charge in [0.15, 0.2) is 0 Å². The van der Waals surface area contributed by atoms with Gasteiger partial charge in [-0.25, -0.2) is 0 Å². The highest BCUT2D eigenvalue weighted by atomic mass is 32.1. The van der Waals surface area contributed by atoms with E-state index in [1.54, 1.807) is 0 Å². The van der Waals surface area contributed by atoms with Gasteiger partial charge in [-0.15, -0.1) is 11.3 Å². The second-order valence-electron chi connectivity index (χ2n) is 5.13. The molecule has 20 heavy (non-hydrogen) atoms. The van der Waals surface area contributed by atoms with Crippen molar-refractivity contribution in [3.63, 3.8) is 0 Å². The summed E-state index contributed by atoms with van der Waals surface area (Å²) in [6, 6.07) is 12.7. The van der Waals surface area contributed by atoms with Crippen LogP contribution in [0.4, 0.5) is 0 Å². The quantitative estimate of drug-likeness (QED) is 0.806. The number of nitrogens with one attached hydrogen (secondary N) is 1. The Morgan fingerprint density at radius 3 is 2.60 bits per heavy atom. The lowest BCUT2D eigenvalue weighted by molar-refractivity contribution is 0.305. The Kier molecular flexibility index (Phi) is 5.62. The van der Waals surface area contributed by atoms with Crippen LogP contribution in [0.1, 0.15) is 42.0 Å². The molecule has 0 saturated heterocycles. The molecule has 0 spiro atoms. The molecule has 0 saturated carbocycles. The zero-order valence-electron chi connectivity index (χ0n) is 12.5. The number of para-hydroxylation sites is 1. The van der Waals surface area contributed by atoms with E-state index >= 15 is 0 Å². The standard InChI is InChI=1S/C17H23NOS/c1-4-18-11-14-9-10-15(20-14)12-19-17-8-6-5-7-16(17)13(2)3/h5-10,13,18H,4,11-12H2,1-3H3. The molecular weight excluding hydrogens is 266 g/mol. The summed E-state index contributed by atoms with van der Waals surface area (Å²) in [6.07, 6.45) is 0. The van der Waals surface area contributed by atoms with Crippen LogP contribution in [0.3, 0.4) is 0 Å². The number of ether oxygens (including phenoxy) is 1. The molecule has 0 unspecified atom stereocenters. The number of hydrogen-bond donors (Lipinski definition) is 1. The third-order valence-electron chi connectivity index (χ3n) is 3.18. The minimum absolute atomic E-state index is 0.485. The average molecular weight is 289 g/mol. The SMILES string of the molecule is CCNCc1ccc(COc2ccccc2C(C)C)s1. The van der Waals surface area contributed by atoms with Crippen LogP contribution in [0.2, 0.25) is 0 Å². The fraction of sp³-hybridized carbons (Fsp3) is 0.412. The van der Waals surface area contributed by atoms with Crippen molar-refractivity contribution in [1.29, 1.82) is 0 Å². The van der Waals surface area contributed by atoms with Crippen molar-refractivity contribution in [1.82, 2.24) is 5.32 Å². The van der Waals surface area contributed by atoms with E-state index in [4.69, 9.17) is 4.74 Å². The Bertz CT molecular complexity index is 533. The number of hydrogen-bond acceptors (Lipinski definition) is 3. The topological polar surface area (TPSA) is 21.3 Å². The molecule has 2 rings (SSSR count). The Balaban J connectivity index is 1.96. The zero-order chi connectivity index (χ0) is 14.4. The van der Waals surface area contributed by atoms with Gasteiger partial charge in [0, 0.05) is 16.3 Å². The summed E-state index contributed by atoms with van der Waals surface area (Å²) in [5.41, 5.74) is 1.27. The van der Waals surface area contributed by atoms with Gasteiger partial charge < -0.3 is 10.1 Å². The van der Waals surface area contributed by atoms with Crippen LogP contribution in [0, 0.1) is 0 Å². The highest BCUT2D eigenvalue weighted by Gasteiger charge is 2.07. The fourth-order valence-electron chi connectivity index (χ4n) is 2.08. The van der Waals surface area contributed by atoms with Crippen LogP contribution >= 0.6 is 11.3 Å². The second-order valence-corrected chi connectivity index (χ2v) is 6.38. The summed E-state index contributed by atoms with van der Waals surface area (Å²) in [6.45, 7) is 9.12. The van der Waals surface area contributed by atoms with Gasteiger partial charge in [0.05, 0.1) is 0 Å². The van der Waals surface area contributed by atoms with Gasteiger partial charge in [-0.05, 0) is 36.2 Å². The first-order valence-corrected chi connectivity index (χ1v) is 8.02. The van der Waals surface area contributed by atoms with Crippen molar-refractivity contribution in [3.8, 4) is 5.75 Å². The molecule has 1 aromatic heterocycles. The fourth-order valence-corrected chi connectivity index (χ4v) is 2.98.